The highest BCUT2D eigenvalue weighted by atomic mass is 35.5. The molecule has 2 aromatic rings. The molecule has 1 saturated carbocycles. The SMILES string of the molecule is CCN(CCC[C@@H](C)N(c1ccnc2cc(Cl)ccc12)C1CC1)CCOP(=O)(N[C@@H](C)C(=O)OC)OC(C)(C)C. The molecule has 224 valence electrons. The normalized spacial score (nSPS) is 17.0. The Labute approximate surface area is 244 Å². The van der Waals surface area contributed by atoms with Crippen LogP contribution in [-0.4, -0.2) is 72.9 Å². The summed E-state index contributed by atoms with van der Waals surface area (Å²) < 4.78 is 29.7. The summed E-state index contributed by atoms with van der Waals surface area (Å²) in [4.78, 5) is 21.3. The lowest BCUT2D eigenvalue weighted by molar-refractivity contribution is -0.142. The molecule has 1 aliphatic carbocycles. The lowest BCUT2D eigenvalue weighted by atomic mass is 10.1. The van der Waals surface area contributed by atoms with Gasteiger partial charge in [0, 0.05) is 40.9 Å². The molecule has 1 fully saturated rings. The smallest absolute Gasteiger partial charge is 0.406 e. The standard InChI is InChI=1S/C29H46ClN4O5P/c1-8-33(18-19-38-40(36,39-29(4,5)6)32-22(3)28(35)37-7)17-9-10-21(2)34(24-12-13-24)27-15-16-31-26-20-23(30)11-14-25(26)27/h11,14-16,20-22,24H,8-10,12-13,17-19H2,1-7H3,(H,32,36)/t21-,22+,40?/m1/s1. The fourth-order valence-electron chi connectivity index (χ4n) is 4.86. The van der Waals surface area contributed by atoms with E-state index < -0.39 is 25.4 Å². The van der Waals surface area contributed by atoms with Crippen LogP contribution in [0, 0.1) is 0 Å². The fraction of sp³-hybridized carbons (Fsp3) is 0.655. The minimum Gasteiger partial charge on any atom is -0.468 e. The third-order valence-electron chi connectivity index (χ3n) is 6.89. The van der Waals surface area contributed by atoms with E-state index in [9.17, 15) is 9.36 Å². The first-order chi connectivity index (χ1) is 18.9. The molecule has 1 N–H and O–H groups in total. The molecular formula is C29H46ClN4O5P. The fourth-order valence-corrected chi connectivity index (χ4v) is 6.83. The van der Waals surface area contributed by atoms with Gasteiger partial charge >= 0.3 is 13.7 Å². The molecule has 1 aromatic carbocycles. The number of carbonyl (C=O) groups is 1. The van der Waals surface area contributed by atoms with Gasteiger partial charge in [-0.15, -0.1) is 0 Å². The Hall–Kier alpha value is -1.74. The van der Waals surface area contributed by atoms with Gasteiger partial charge in [-0.05, 0) is 97.7 Å². The molecule has 1 aliphatic rings. The van der Waals surface area contributed by atoms with Gasteiger partial charge in [0.25, 0.3) is 0 Å². The third-order valence-corrected chi connectivity index (χ3v) is 9.14. The zero-order chi connectivity index (χ0) is 29.5. The second-order valence-electron chi connectivity index (χ2n) is 11.5. The van der Waals surface area contributed by atoms with E-state index in [1.165, 1.54) is 25.6 Å². The van der Waals surface area contributed by atoms with Crippen LogP contribution in [-0.2, 0) is 23.1 Å². The number of benzene rings is 1. The van der Waals surface area contributed by atoms with E-state index in [2.05, 4.69) is 45.9 Å². The predicted molar refractivity (Wildman–Crippen MR) is 162 cm³/mol. The van der Waals surface area contributed by atoms with Gasteiger partial charge in [0.15, 0.2) is 0 Å². The number of aromatic nitrogens is 1. The number of ether oxygens (including phenoxy) is 1. The van der Waals surface area contributed by atoms with Crippen LogP contribution in [0.2, 0.25) is 5.02 Å². The Kier molecular flexibility index (Phi) is 11.8. The molecule has 0 aliphatic heterocycles. The number of nitrogens with one attached hydrogen (secondary N) is 1. The van der Waals surface area contributed by atoms with E-state index in [0.717, 1.165) is 36.8 Å². The van der Waals surface area contributed by atoms with E-state index >= 15 is 0 Å². The van der Waals surface area contributed by atoms with Gasteiger partial charge in [-0.2, -0.15) is 0 Å². The Balaban J connectivity index is 1.56. The molecule has 0 amide bonds. The number of rotatable bonds is 16. The zero-order valence-electron chi connectivity index (χ0n) is 25.0. The molecule has 0 radical (unpaired) electrons. The topological polar surface area (TPSA) is 93.2 Å². The number of pyridine rings is 1. The van der Waals surface area contributed by atoms with Crippen molar-refractivity contribution in [1.82, 2.24) is 15.0 Å². The number of hydrogen-bond donors (Lipinski definition) is 1. The van der Waals surface area contributed by atoms with E-state index in [1.54, 1.807) is 27.7 Å². The van der Waals surface area contributed by atoms with E-state index in [1.807, 2.05) is 18.3 Å². The number of hydrogen-bond acceptors (Lipinski definition) is 8. The summed E-state index contributed by atoms with van der Waals surface area (Å²) in [5.74, 6) is -0.533. The molecule has 0 saturated heterocycles. The largest absolute Gasteiger partial charge is 0.468 e. The van der Waals surface area contributed by atoms with Gasteiger partial charge in [-0.25, -0.2) is 9.65 Å². The van der Waals surface area contributed by atoms with Crippen molar-refractivity contribution < 1.29 is 23.1 Å². The maximum Gasteiger partial charge on any atom is 0.406 e. The van der Waals surface area contributed by atoms with Gasteiger partial charge in [-0.3, -0.25) is 18.8 Å². The number of nitrogens with zero attached hydrogens (tertiary/aromatic N) is 3. The average molecular weight is 597 g/mol. The molecule has 3 atom stereocenters. The Morgan fingerprint density at radius 3 is 2.58 bits per heavy atom. The predicted octanol–water partition coefficient (Wildman–Crippen LogP) is 6.44. The molecular weight excluding hydrogens is 551 g/mol. The maximum atomic E-state index is 13.4. The van der Waals surface area contributed by atoms with Crippen LogP contribution >= 0.6 is 19.3 Å². The highest BCUT2D eigenvalue weighted by molar-refractivity contribution is 7.51. The summed E-state index contributed by atoms with van der Waals surface area (Å²) >= 11 is 6.22. The van der Waals surface area contributed by atoms with Crippen molar-refractivity contribution in [2.75, 3.05) is 38.3 Å². The molecule has 11 heteroatoms. The van der Waals surface area contributed by atoms with Crippen molar-refractivity contribution >= 4 is 41.9 Å². The molecule has 0 spiro atoms. The van der Waals surface area contributed by atoms with Crippen LogP contribution in [0.15, 0.2) is 30.5 Å². The van der Waals surface area contributed by atoms with Crippen LogP contribution in [0.1, 0.15) is 67.2 Å². The van der Waals surface area contributed by atoms with Gasteiger partial charge < -0.3 is 14.5 Å². The number of anilines is 1. The molecule has 1 unspecified atom stereocenters. The van der Waals surface area contributed by atoms with Crippen molar-refractivity contribution in [1.29, 1.82) is 0 Å². The third kappa shape index (κ3) is 9.68. The molecule has 40 heavy (non-hydrogen) atoms. The second kappa shape index (κ2) is 14.4. The summed E-state index contributed by atoms with van der Waals surface area (Å²) in [6, 6.07) is 8.15. The molecule has 9 nitrogen and oxygen atoms in total. The lowest BCUT2D eigenvalue weighted by Crippen LogP contribution is -2.37. The number of esters is 1. The first-order valence-electron chi connectivity index (χ1n) is 14.2. The van der Waals surface area contributed by atoms with Crippen LogP contribution in [0.25, 0.3) is 10.9 Å². The quantitative estimate of drug-likeness (QED) is 0.174. The molecule has 3 rings (SSSR count). The van der Waals surface area contributed by atoms with E-state index in [-0.39, 0.29) is 6.61 Å². The summed E-state index contributed by atoms with van der Waals surface area (Å²) in [5, 5.41) is 4.54. The van der Waals surface area contributed by atoms with Crippen LogP contribution in [0.3, 0.4) is 0 Å². The van der Waals surface area contributed by atoms with Crippen molar-refractivity contribution in [3.05, 3.63) is 35.5 Å². The average Bonchev–Trinajstić information content (AvgIpc) is 3.71. The first kappa shape index (κ1) is 32.8. The van der Waals surface area contributed by atoms with Gasteiger partial charge in [0.1, 0.15) is 6.04 Å². The minimum atomic E-state index is -3.74. The van der Waals surface area contributed by atoms with Crippen molar-refractivity contribution in [3.8, 4) is 0 Å². The second-order valence-corrected chi connectivity index (χ2v) is 13.6. The van der Waals surface area contributed by atoms with Crippen LogP contribution < -0.4 is 9.99 Å². The zero-order valence-corrected chi connectivity index (χ0v) is 26.6. The van der Waals surface area contributed by atoms with Crippen LogP contribution in [0.4, 0.5) is 5.69 Å². The number of likely N-dealkylation sites (N-methyl/N-ethyl adjacent to an activating group) is 1. The van der Waals surface area contributed by atoms with Crippen molar-refractivity contribution in [3.63, 3.8) is 0 Å². The first-order valence-corrected chi connectivity index (χ1v) is 16.1. The molecule has 0 bridgehead atoms. The van der Waals surface area contributed by atoms with Gasteiger partial charge in [-0.1, -0.05) is 18.5 Å². The molecule has 1 heterocycles. The minimum absolute atomic E-state index is 0.206. The number of carbonyl (C=O) groups excluding carboxylic acids is 1. The maximum absolute atomic E-state index is 13.4. The summed E-state index contributed by atoms with van der Waals surface area (Å²) in [7, 11) is -2.46. The summed E-state index contributed by atoms with van der Waals surface area (Å²) in [5.41, 5.74) is 1.42. The van der Waals surface area contributed by atoms with E-state index in [4.69, 9.17) is 25.4 Å². The van der Waals surface area contributed by atoms with Gasteiger partial charge in [0.2, 0.25) is 0 Å². The van der Waals surface area contributed by atoms with Gasteiger partial charge in [0.05, 0.1) is 24.8 Å². The van der Waals surface area contributed by atoms with Crippen molar-refractivity contribution in [2.24, 2.45) is 0 Å². The Morgan fingerprint density at radius 1 is 1.23 bits per heavy atom. The summed E-state index contributed by atoms with van der Waals surface area (Å²) in [6.45, 7) is 13.9. The molecule has 1 aromatic heterocycles. The highest BCUT2D eigenvalue weighted by Gasteiger charge is 2.35. The van der Waals surface area contributed by atoms with E-state index in [0.29, 0.717) is 23.7 Å². The Morgan fingerprint density at radius 2 is 1.95 bits per heavy atom. The van der Waals surface area contributed by atoms with Crippen LogP contribution in [0.5, 0.6) is 0 Å². The highest BCUT2D eigenvalue weighted by Crippen LogP contribution is 2.48. The Bertz CT molecular complexity index is 1170. The summed E-state index contributed by atoms with van der Waals surface area (Å²) in [6.07, 6.45) is 6.34. The number of fused-ring (bicyclic) bond motifs is 1. The van der Waals surface area contributed by atoms with Crippen molar-refractivity contribution in [2.45, 2.75) is 91.0 Å². The monoisotopic (exact) mass is 596 g/mol. The number of methoxy groups -OCH3 is 1. The lowest BCUT2D eigenvalue weighted by Gasteiger charge is -2.33. The number of halogens is 1.